The van der Waals surface area contributed by atoms with Gasteiger partial charge in [-0.3, -0.25) is 4.79 Å². The lowest BCUT2D eigenvalue weighted by Crippen LogP contribution is -2.35. The quantitative estimate of drug-likeness (QED) is 0.867. The van der Waals surface area contributed by atoms with Crippen molar-refractivity contribution in [3.63, 3.8) is 0 Å². The summed E-state index contributed by atoms with van der Waals surface area (Å²) in [7, 11) is 2.04. The summed E-state index contributed by atoms with van der Waals surface area (Å²) in [6, 6.07) is 9.46. The zero-order chi connectivity index (χ0) is 15.1. The van der Waals surface area contributed by atoms with Crippen molar-refractivity contribution >= 4 is 11.6 Å². The SMILES string of the molecule is CC(C)C(C)N(C)CCC(=O)Nc1cccc(C#N)c1. The summed E-state index contributed by atoms with van der Waals surface area (Å²) in [5, 5.41) is 11.6. The minimum absolute atomic E-state index is 0.0251. The van der Waals surface area contributed by atoms with Gasteiger partial charge in [0.25, 0.3) is 0 Å². The average Bonchev–Trinajstić information content (AvgIpc) is 2.43. The summed E-state index contributed by atoms with van der Waals surface area (Å²) in [6.07, 6.45) is 0.449. The van der Waals surface area contributed by atoms with Crippen LogP contribution in [0.4, 0.5) is 5.69 Å². The molecule has 0 aromatic heterocycles. The van der Waals surface area contributed by atoms with Crippen LogP contribution in [0.25, 0.3) is 0 Å². The monoisotopic (exact) mass is 273 g/mol. The van der Waals surface area contributed by atoms with Gasteiger partial charge in [-0.25, -0.2) is 0 Å². The fraction of sp³-hybridized carbons (Fsp3) is 0.500. The van der Waals surface area contributed by atoms with Crippen LogP contribution in [-0.4, -0.2) is 30.4 Å². The average molecular weight is 273 g/mol. The Kier molecular flexibility index (Phi) is 6.20. The lowest BCUT2D eigenvalue weighted by molar-refractivity contribution is -0.116. The van der Waals surface area contributed by atoms with E-state index in [0.717, 1.165) is 6.54 Å². The Morgan fingerprint density at radius 2 is 2.10 bits per heavy atom. The summed E-state index contributed by atoms with van der Waals surface area (Å²) in [4.78, 5) is 14.1. The van der Waals surface area contributed by atoms with E-state index >= 15 is 0 Å². The number of nitrogens with one attached hydrogen (secondary N) is 1. The van der Waals surface area contributed by atoms with Crippen molar-refractivity contribution in [1.29, 1.82) is 5.26 Å². The first-order valence-corrected chi connectivity index (χ1v) is 6.94. The van der Waals surface area contributed by atoms with Gasteiger partial charge in [-0.2, -0.15) is 5.26 Å². The standard InChI is InChI=1S/C16H23N3O/c1-12(2)13(3)19(4)9-8-16(20)18-15-7-5-6-14(10-15)11-17/h5-7,10,12-13H,8-9H2,1-4H3,(H,18,20). The molecule has 0 heterocycles. The minimum Gasteiger partial charge on any atom is -0.326 e. The molecular formula is C16H23N3O. The normalized spacial score (nSPS) is 12.2. The highest BCUT2D eigenvalue weighted by Gasteiger charge is 2.14. The van der Waals surface area contributed by atoms with E-state index in [9.17, 15) is 4.79 Å². The lowest BCUT2D eigenvalue weighted by atomic mass is 10.1. The van der Waals surface area contributed by atoms with Gasteiger partial charge in [0.2, 0.25) is 5.91 Å². The second-order valence-electron chi connectivity index (χ2n) is 5.46. The lowest BCUT2D eigenvalue weighted by Gasteiger charge is -2.27. The number of nitriles is 1. The number of carbonyl (C=O) groups excluding carboxylic acids is 1. The highest BCUT2D eigenvalue weighted by molar-refractivity contribution is 5.90. The third kappa shape index (κ3) is 5.02. The van der Waals surface area contributed by atoms with Crippen LogP contribution < -0.4 is 5.32 Å². The van der Waals surface area contributed by atoms with Crippen LogP contribution in [0, 0.1) is 17.2 Å². The van der Waals surface area contributed by atoms with E-state index in [2.05, 4.69) is 37.1 Å². The second-order valence-corrected chi connectivity index (χ2v) is 5.46. The molecule has 0 aliphatic rings. The van der Waals surface area contributed by atoms with Crippen LogP contribution in [0.15, 0.2) is 24.3 Å². The van der Waals surface area contributed by atoms with Gasteiger partial charge >= 0.3 is 0 Å². The van der Waals surface area contributed by atoms with E-state index < -0.39 is 0 Å². The van der Waals surface area contributed by atoms with Gasteiger partial charge < -0.3 is 10.2 Å². The Bertz CT molecular complexity index is 491. The Balaban J connectivity index is 2.46. The molecule has 4 heteroatoms. The van der Waals surface area contributed by atoms with Crippen molar-refractivity contribution in [1.82, 2.24) is 4.90 Å². The maximum Gasteiger partial charge on any atom is 0.225 e. The molecule has 0 spiro atoms. The van der Waals surface area contributed by atoms with E-state index in [0.29, 0.717) is 29.6 Å². The fourth-order valence-corrected chi connectivity index (χ4v) is 1.88. The molecule has 1 aromatic carbocycles. The van der Waals surface area contributed by atoms with Gasteiger partial charge in [0.1, 0.15) is 0 Å². The Labute approximate surface area is 121 Å². The molecular weight excluding hydrogens is 250 g/mol. The zero-order valence-electron chi connectivity index (χ0n) is 12.7. The largest absolute Gasteiger partial charge is 0.326 e. The summed E-state index contributed by atoms with van der Waals surface area (Å²) >= 11 is 0. The van der Waals surface area contributed by atoms with Crippen molar-refractivity contribution in [3.05, 3.63) is 29.8 Å². The van der Waals surface area contributed by atoms with Gasteiger partial charge in [0.15, 0.2) is 0 Å². The summed E-state index contributed by atoms with van der Waals surface area (Å²) in [6.45, 7) is 7.24. The van der Waals surface area contributed by atoms with Gasteiger partial charge in [-0.15, -0.1) is 0 Å². The molecule has 4 nitrogen and oxygen atoms in total. The number of hydrogen-bond acceptors (Lipinski definition) is 3. The van der Waals surface area contributed by atoms with E-state index in [1.807, 2.05) is 7.05 Å². The number of nitrogens with zero attached hydrogens (tertiary/aromatic N) is 2. The van der Waals surface area contributed by atoms with Crippen molar-refractivity contribution in [3.8, 4) is 6.07 Å². The first-order chi connectivity index (χ1) is 9.43. The van der Waals surface area contributed by atoms with Crippen LogP contribution in [0.1, 0.15) is 32.8 Å². The first-order valence-electron chi connectivity index (χ1n) is 6.94. The number of rotatable bonds is 6. The minimum atomic E-state index is -0.0251. The number of anilines is 1. The molecule has 0 saturated heterocycles. The molecule has 0 radical (unpaired) electrons. The summed E-state index contributed by atoms with van der Waals surface area (Å²) < 4.78 is 0. The number of carbonyl (C=O) groups is 1. The molecule has 1 aromatic rings. The van der Waals surface area contributed by atoms with E-state index in [-0.39, 0.29) is 5.91 Å². The number of hydrogen-bond donors (Lipinski definition) is 1. The second kappa shape index (κ2) is 7.66. The molecule has 108 valence electrons. The maximum atomic E-state index is 11.9. The molecule has 20 heavy (non-hydrogen) atoms. The summed E-state index contributed by atoms with van der Waals surface area (Å²) in [5.41, 5.74) is 1.22. The van der Waals surface area contributed by atoms with Crippen molar-refractivity contribution in [2.24, 2.45) is 5.92 Å². The van der Waals surface area contributed by atoms with Crippen LogP contribution in [0.5, 0.6) is 0 Å². The smallest absolute Gasteiger partial charge is 0.225 e. The Morgan fingerprint density at radius 3 is 2.70 bits per heavy atom. The van der Waals surface area contributed by atoms with Gasteiger partial charge in [-0.1, -0.05) is 19.9 Å². The first kappa shape index (κ1) is 16.2. The van der Waals surface area contributed by atoms with E-state index in [4.69, 9.17) is 5.26 Å². The van der Waals surface area contributed by atoms with Crippen LogP contribution in [0.2, 0.25) is 0 Å². The molecule has 0 bridgehead atoms. The Hall–Kier alpha value is -1.86. The number of benzene rings is 1. The molecule has 1 amide bonds. The molecule has 1 atom stereocenters. The van der Waals surface area contributed by atoms with Crippen LogP contribution in [-0.2, 0) is 4.79 Å². The fourth-order valence-electron chi connectivity index (χ4n) is 1.88. The molecule has 0 fully saturated rings. The molecule has 0 aliphatic carbocycles. The van der Waals surface area contributed by atoms with Gasteiger partial charge in [-0.05, 0) is 38.1 Å². The van der Waals surface area contributed by atoms with Crippen molar-refractivity contribution < 1.29 is 4.79 Å². The Morgan fingerprint density at radius 1 is 1.40 bits per heavy atom. The molecule has 1 unspecified atom stereocenters. The molecule has 1 rings (SSSR count). The highest BCUT2D eigenvalue weighted by atomic mass is 16.1. The third-order valence-corrected chi connectivity index (χ3v) is 3.63. The predicted molar refractivity (Wildman–Crippen MR) is 81.3 cm³/mol. The topological polar surface area (TPSA) is 56.1 Å². The van der Waals surface area contributed by atoms with Gasteiger partial charge in [0.05, 0.1) is 11.6 Å². The molecule has 1 N–H and O–H groups in total. The van der Waals surface area contributed by atoms with Gasteiger partial charge in [0, 0.05) is 24.7 Å². The molecule has 0 aliphatic heterocycles. The van der Waals surface area contributed by atoms with Crippen LogP contribution in [0.3, 0.4) is 0 Å². The zero-order valence-corrected chi connectivity index (χ0v) is 12.7. The number of amides is 1. The predicted octanol–water partition coefficient (Wildman–Crippen LogP) is 2.86. The third-order valence-electron chi connectivity index (χ3n) is 3.63. The maximum absolute atomic E-state index is 11.9. The van der Waals surface area contributed by atoms with Crippen molar-refractivity contribution in [2.45, 2.75) is 33.2 Å². The highest BCUT2D eigenvalue weighted by Crippen LogP contribution is 2.11. The molecule has 0 saturated carbocycles. The van der Waals surface area contributed by atoms with Crippen LogP contribution >= 0.6 is 0 Å². The van der Waals surface area contributed by atoms with E-state index in [1.54, 1.807) is 24.3 Å². The van der Waals surface area contributed by atoms with Crippen molar-refractivity contribution in [2.75, 3.05) is 18.9 Å². The summed E-state index contributed by atoms with van der Waals surface area (Å²) in [5.74, 6) is 0.540. The van der Waals surface area contributed by atoms with E-state index in [1.165, 1.54) is 0 Å².